The number of hydrogen-bond acceptors (Lipinski definition) is 5. The number of carbonyl (C=O) groups is 1. The van der Waals surface area contributed by atoms with Crippen molar-refractivity contribution in [2.75, 3.05) is 26.2 Å². The Morgan fingerprint density at radius 3 is 2.70 bits per heavy atom. The minimum Gasteiger partial charge on any atom is -0.493 e. The van der Waals surface area contributed by atoms with E-state index in [0.717, 1.165) is 66.1 Å². The lowest BCUT2D eigenvalue weighted by molar-refractivity contribution is -0.0361. The molecule has 172 valence electrons. The summed E-state index contributed by atoms with van der Waals surface area (Å²) in [6.07, 6.45) is 1.90. The molecule has 3 fully saturated rings. The van der Waals surface area contributed by atoms with Crippen molar-refractivity contribution < 1.29 is 18.7 Å². The molecular formula is C27H30N2O4. The van der Waals surface area contributed by atoms with Crippen LogP contribution < -0.4 is 10.1 Å². The van der Waals surface area contributed by atoms with Gasteiger partial charge in [-0.05, 0) is 50.0 Å². The van der Waals surface area contributed by atoms with Crippen molar-refractivity contribution in [3.63, 3.8) is 0 Å². The Labute approximate surface area is 193 Å². The number of nitrogens with zero attached hydrogens (tertiary/aromatic N) is 1. The molecule has 6 nitrogen and oxygen atoms in total. The molecule has 1 unspecified atom stereocenters. The number of piperidine rings is 3. The number of amides is 1. The van der Waals surface area contributed by atoms with Crippen molar-refractivity contribution in [2.24, 2.45) is 11.3 Å². The summed E-state index contributed by atoms with van der Waals surface area (Å²) < 4.78 is 18.1. The molecule has 2 atom stereocenters. The van der Waals surface area contributed by atoms with E-state index >= 15 is 0 Å². The van der Waals surface area contributed by atoms with Gasteiger partial charge in [-0.3, -0.25) is 4.90 Å². The van der Waals surface area contributed by atoms with Crippen LogP contribution in [0.4, 0.5) is 4.79 Å². The molecule has 5 heterocycles. The van der Waals surface area contributed by atoms with E-state index in [9.17, 15) is 4.79 Å². The van der Waals surface area contributed by atoms with Crippen molar-refractivity contribution >= 4 is 17.1 Å². The zero-order valence-corrected chi connectivity index (χ0v) is 19.2. The fourth-order valence-corrected chi connectivity index (χ4v) is 5.55. The Morgan fingerprint density at radius 2 is 1.94 bits per heavy atom. The van der Waals surface area contributed by atoms with Gasteiger partial charge in [0, 0.05) is 28.5 Å². The molecule has 1 N–H and O–H groups in total. The smallest absolute Gasteiger partial charge is 0.407 e. The first-order chi connectivity index (χ1) is 16.0. The van der Waals surface area contributed by atoms with Gasteiger partial charge in [0.25, 0.3) is 0 Å². The van der Waals surface area contributed by atoms with E-state index in [1.165, 1.54) is 0 Å². The predicted molar refractivity (Wildman–Crippen MR) is 126 cm³/mol. The average Bonchev–Trinajstić information content (AvgIpc) is 3.26. The number of fused-ring (bicyclic) bond motifs is 5. The lowest BCUT2D eigenvalue weighted by Crippen LogP contribution is -2.53. The van der Waals surface area contributed by atoms with Crippen LogP contribution >= 0.6 is 0 Å². The largest absolute Gasteiger partial charge is 0.493 e. The zero-order valence-electron chi connectivity index (χ0n) is 19.2. The molecule has 6 heteroatoms. The molecule has 3 saturated heterocycles. The minimum absolute atomic E-state index is 0.00890. The highest BCUT2D eigenvalue weighted by atomic mass is 16.6. The quantitative estimate of drug-likeness (QED) is 0.585. The van der Waals surface area contributed by atoms with E-state index in [0.29, 0.717) is 12.5 Å². The summed E-state index contributed by atoms with van der Waals surface area (Å²) in [5, 5.41) is 4.24. The van der Waals surface area contributed by atoms with Gasteiger partial charge >= 0.3 is 6.09 Å². The van der Waals surface area contributed by atoms with Gasteiger partial charge in [0.1, 0.15) is 23.2 Å². The molecule has 1 aromatic heterocycles. The maximum absolute atomic E-state index is 12.9. The van der Waals surface area contributed by atoms with Gasteiger partial charge in [-0.15, -0.1) is 0 Å². The van der Waals surface area contributed by atoms with E-state index in [4.69, 9.17) is 13.9 Å². The Morgan fingerprint density at radius 1 is 1.12 bits per heavy atom. The van der Waals surface area contributed by atoms with E-state index < -0.39 is 0 Å². The van der Waals surface area contributed by atoms with Crippen molar-refractivity contribution in [2.45, 2.75) is 38.8 Å². The summed E-state index contributed by atoms with van der Waals surface area (Å²) in [7, 11) is 0. The van der Waals surface area contributed by atoms with Crippen LogP contribution in [0.5, 0.6) is 5.75 Å². The predicted octanol–water partition coefficient (Wildman–Crippen LogP) is 5.38. The summed E-state index contributed by atoms with van der Waals surface area (Å²) in [5.74, 6) is 2.07. The second-order valence-electron chi connectivity index (χ2n) is 10.3. The monoisotopic (exact) mass is 446 g/mol. The first kappa shape index (κ1) is 20.6. The van der Waals surface area contributed by atoms with Crippen LogP contribution in [0, 0.1) is 11.3 Å². The van der Waals surface area contributed by atoms with Crippen LogP contribution in [-0.2, 0) is 4.74 Å². The highest BCUT2D eigenvalue weighted by Crippen LogP contribution is 2.44. The van der Waals surface area contributed by atoms with Gasteiger partial charge < -0.3 is 19.2 Å². The normalized spacial score (nSPS) is 27.6. The minimum atomic E-state index is -0.332. The molecule has 4 aliphatic rings. The number of nitrogens with one attached hydrogen (secondary N) is 1. The molecular weight excluding hydrogens is 416 g/mol. The third kappa shape index (κ3) is 3.76. The number of hydrogen-bond donors (Lipinski definition) is 1. The lowest BCUT2D eigenvalue weighted by Gasteiger charge is -2.44. The number of alkyl carbamates (subject to hydrolysis) is 1. The molecule has 7 rings (SSSR count). The van der Waals surface area contributed by atoms with E-state index in [2.05, 4.69) is 24.1 Å². The Hall–Kier alpha value is -2.99. The number of ether oxygens (including phenoxy) is 2. The SMILES string of the molecule is CC1(C)COc2cc(-c3cc4ccccc4o3)ccc2C1NC(=O)O[C@H]1CN2CCC1CC2. The lowest BCUT2D eigenvalue weighted by atomic mass is 9.79. The maximum atomic E-state index is 12.9. The van der Waals surface area contributed by atoms with Gasteiger partial charge in [0.05, 0.1) is 12.6 Å². The highest BCUT2D eigenvalue weighted by Gasteiger charge is 2.41. The molecule has 2 aromatic carbocycles. The van der Waals surface area contributed by atoms with Crippen LogP contribution in [0.15, 0.2) is 52.9 Å². The molecule has 2 bridgehead atoms. The summed E-state index contributed by atoms with van der Waals surface area (Å²) in [6, 6.07) is 15.9. The van der Waals surface area contributed by atoms with Gasteiger partial charge in [-0.25, -0.2) is 4.79 Å². The molecule has 0 spiro atoms. The van der Waals surface area contributed by atoms with Gasteiger partial charge in [0.2, 0.25) is 0 Å². The van der Waals surface area contributed by atoms with Gasteiger partial charge in [-0.2, -0.15) is 0 Å². The summed E-state index contributed by atoms with van der Waals surface area (Å²) in [5.41, 5.74) is 2.53. The van der Waals surface area contributed by atoms with Crippen LogP contribution in [0.3, 0.4) is 0 Å². The van der Waals surface area contributed by atoms with Crippen LogP contribution in [0.1, 0.15) is 38.3 Å². The molecule has 0 radical (unpaired) electrons. The average molecular weight is 447 g/mol. The van der Waals surface area contributed by atoms with Crippen molar-refractivity contribution in [1.82, 2.24) is 10.2 Å². The zero-order chi connectivity index (χ0) is 22.6. The topological polar surface area (TPSA) is 63.9 Å². The fourth-order valence-electron chi connectivity index (χ4n) is 5.55. The Balaban J connectivity index is 1.24. The molecule has 0 saturated carbocycles. The highest BCUT2D eigenvalue weighted by molar-refractivity contribution is 5.83. The second kappa shape index (κ2) is 7.80. The third-order valence-electron chi connectivity index (χ3n) is 7.53. The summed E-state index contributed by atoms with van der Waals surface area (Å²) in [6.45, 7) is 7.84. The number of para-hydroxylation sites is 1. The molecule has 4 aliphatic heterocycles. The number of furan rings is 1. The van der Waals surface area contributed by atoms with Crippen molar-refractivity contribution in [1.29, 1.82) is 0 Å². The van der Waals surface area contributed by atoms with Crippen molar-refractivity contribution in [3.8, 4) is 17.1 Å². The number of benzene rings is 2. The number of rotatable bonds is 3. The Kier molecular flexibility index (Phi) is 4.87. The van der Waals surface area contributed by atoms with Crippen LogP contribution in [0.25, 0.3) is 22.3 Å². The van der Waals surface area contributed by atoms with E-state index in [1.807, 2.05) is 48.5 Å². The van der Waals surface area contributed by atoms with E-state index in [-0.39, 0.29) is 23.7 Å². The maximum Gasteiger partial charge on any atom is 0.407 e. The van der Waals surface area contributed by atoms with Crippen LogP contribution in [-0.4, -0.2) is 43.3 Å². The molecule has 33 heavy (non-hydrogen) atoms. The van der Waals surface area contributed by atoms with Gasteiger partial charge in [0.15, 0.2) is 0 Å². The summed E-state index contributed by atoms with van der Waals surface area (Å²) >= 11 is 0. The molecule has 1 amide bonds. The second-order valence-corrected chi connectivity index (χ2v) is 10.3. The molecule has 3 aromatic rings. The Bertz CT molecular complexity index is 1160. The summed E-state index contributed by atoms with van der Waals surface area (Å²) in [4.78, 5) is 15.3. The van der Waals surface area contributed by atoms with Crippen molar-refractivity contribution in [3.05, 3.63) is 54.1 Å². The third-order valence-corrected chi connectivity index (χ3v) is 7.53. The van der Waals surface area contributed by atoms with Gasteiger partial charge in [-0.1, -0.05) is 44.2 Å². The fraction of sp³-hybridized carbons (Fsp3) is 0.444. The standard InChI is InChI=1S/C27H30N2O4/c1-27(2)16-31-23-14-19(22-13-18-5-3-4-6-21(18)32-22)7-8-20(23)25(27)28-26(30)33-24-15-29-11-9-17(24)10-12-29/h3-8,13-14,17,24-25H,9-12,15-16H2,1-2H3,(H,28,30)/t24-,25?/m0/s1. The first-order valence-electron chi connectivity index (χ1n) is 11.9. The van der Waals surface area contributed by atoms with Crippen LogP contribution in [0.2, 0.25) is 0 Å². The molecule has 0 aliphatic carbocycles. The first-order valence-corrected chi connectivity index (χ1v) is 11.9. The van der Waals surface area contributed by atoms with E-state index in [1.54, 1.807) is 0 Å². The number of carbonyl (C=O) groups excluding carboxylic acids is 1.